The van der Waals surface area contributed by atoms with Crippen LogP contribution < -0.4 is 30.8 Å². The van der Waals surface area contributed by atoms with Crippen molar-refractivity contribution < 1.29 is 33.1 Å². The highest BCUT2D eigenvalue weighted by atomic mass is 16.5. The molecule has 5 aromatic rings. The Kier molecular flexibility index (Phi) is 2.84. The maximum atomic E-state index is 9.85. The van der Waals surface area contributed by atoms with E-state index < -0.39 is 77.5 Å². The van der Waals surface area contributed by atoms with Crippen molar-refractivity contribution in [3.05, 3.63) is 89.4 Å². The van der Waals surface area contributed by atoms with Crippen molar-refractivity contribution in [1.82, 2.24) is 0 Å². The molecule has 0 saturated heterocycles. The monoisotopic (exact) mass is 553 g/mol. The third kappa shape index (κ3) is 3.54. The molecule has 3 aliphatic rings. The molecule has 0 fully saturated rings. The van der Waals surface area contributed by atoms with Crippen LogP contribution in [0.4, 0.5) is 17.1 Å². The zero-order valence-corrected chi connectivity index (χ0v) is 23.5. The van der Waals surface area contributed by atoms with Crippen LogP contribution in [0.1, 0.15) is 77.6 Å². The lowest BCUT2D eigenvalue weighted by atomic mass is 9.34. The summed E-state index contributed by atoms with van der Waals surface area (Å²) in [7, 11) is 0. The lowest BCUT2D eigenvalue weighted by Crippen LogP contribution is -2.59. The van der Waals surface area contributed by atoms with Crippen molar-refractivity contribution in [3.63, 3.8) is 0 Å². The zero-order valence-electron chi connectivity index (χ0n) is 37.5. The van der Waals surface area contributed by atoms with Gasteiger partial charge in [-0.15, -0.1) is 0 Å². The molecule has 4 aromatic carbocycles. The third-order valence-electron chi connectivity index (χ3n) is 7.77. The Labute approximate surface area is 261 Å². The van der Waals surface area contributed by atoms with E-state index in [1.54, 1.807) is 0 Å². The first-order chi connectivity index (χ1) is 25.4. The fraction of sp³-hybridized carbons (Fsp3) is 0.278. The minimum Gasteiger partial charge on any atom is -0.492 e. The van der Waals surface area contributed by atoms with Crippen LogP contribution in [0.2, 0.25) is 0 Å². The van der Waals surface area contributed by atoms with Crippen molar-refractivity contribution in [1.29, 1.82) is 0 Å². The van der Waals surface area contributed by atoms with E-state index in [1.165, 1.54) is 0 Å². The van der Waals surface area contributed by atoms with Gasteiger partial charge in [0.15, 0.2) is 0 Å². The van der Waals surface area contributed by atoms with E-state index in [1.807, 2.05) is 34.6 Å². The number of nitrogens with zero attached hydrogens (tertiary/aromatic N) is 1. The minimum atomic E-state index is -2.31. The van der Waals surface area contributed by atoms with Gasteiger partial charge in [0.25, 0.3) is 6.71 Å². The molecule has 4 nitrogen and oxygen atoms in total. The summed E-state index contributed by atoms with van der Waals surface area (Å²) in [5.41, 5.74) is -2.88. The van der Waals surface area contributed by atoms with Crippen LogP contribution in [0.25, 0.3) is 11.0 Å². The number of benzene rings is 4. The van der Waals surface area contributed by atoms with E-state index in [2.05, 4.69) is 0 Å². The molecule has 0 atom stereocenters. The molecule has 0 aliphatic carbocycles. The summed E-state index contributed by atoms with van der Waals surface area (Å²) in [6, 6.07) is -6.06. The van der Waals surface area contributed by atoms with Crippen molar-refractivity contribution in [3.8, 4) is 17.2 Å². The van der Waals surface area contributed by atoms with E-state index in [9.17, 15) is 9.60 Å². The molecule has 5 heteroatoms. The second kappa shape index (κ2) is 8.22. The molecule has 41 heavy (non-hydrogen) atoms. The Morgan fingerprint density at radius 2 is 1.73 bits per heavy atom. The molecule has 0 radical (unpaired) electrons. The average Bonchev–Trinajstić information content (AvgIpc) is 3.62. The molecular formula is C36H34BNO3. The summed E-state index contributed by atoms with van der Waals surface area (Å²) < 4.78 is 146. The van der Waals surface area contributed by atoms with Gasteiger partial charge in [0.2, 0.25) is 0 Å². The van der Waals surface area contributed by atoms with Crippen molar-refractivity contribution in [2.45, 2.75) is 58.7 Å². The highest BCUT2D eigenvalue weighted by molar-refractivity contribution is 6.99. The van der Waals surface area contributed by atoms with E-state index in [4.69, 9.17) is 23.5 Å². The van der Waals surface area contributed by atoms with E-state index in [-0.39, 0.29) is 98.6 Å². The van der Waals surface area contributed by atoms with Crippen LogP contribution in [-0.4, -0.2) is 13.3 Å². The fourth-order valence-electron chi connectivity index (χ4n) is 5.62. The lowest BCUT2D eigenvalue weighted by Gasteiger charge is -2.40. The Bertz CT molecular complexity index is 2600. The summed E-state index contributed by atoms with van der Waals surface area (Å²) in [4.78, 5) is 1.08. The first kappa shape index (κ1) is 14.2. The van der Waals surface area contributed by atoms with Gasteiger partial charge in [-0.05, 0) is 58.5 Å². The second-order valence-corrected chi connectivity index (χ2v) is 12.2. The summed E-state index contributed by atoms with van der Waals surface area (Å²) >= 11 is 0. The predicted octanol–water partition coefficient (Wildman–Crippen LogP) is 7.37. The Morgan fingerprint density at radius 3 is 2.49 bits per heavy atom. The van der Waals surface area contributed by atoms with Gasteiger partial charge >= 0.3 is 0 Å². The average molecular weight is 554 g/mol. The molecule has 0 spiro atoms. The van der Waals surface area contributed by atoms with Crippen LogP contribution in [0.3, 0.4) is 0 Å². The second-order valence-electron chi connectivity index (χ2n) is 12.2. The van der Waals surface area contributed by atoms with Crippen LogP contribution in [-0.2, 0) is 17.2 Å². The lowest BCUT2D eigenvalue weighted by molar-refractivity contribution is 0.291. The molecule has 0 amide bonds. The summed E-state index contributed by atoms with van der Waals surface area (Å²) in [5.74, 6) is -0.343. The van der Waals surface area contributed by atoms with Gasteiger partial charge in [0.05, 0.1) is 23.1 Å². The van der Waals surface area contributed by atoms with Gasteiger partial charge < -0.3 is 18.8 Å². The number of furan rings is 1. The third-order valence-corrected chi connectivity index (χ3v) is 7.77. The van der Waals surface area contributed by atoms with Gasteiger partial charge in [-0.1, -0.05) is 71.8 Å². The number of fused-ring (bicyclic) bond motifs is 6. The first-order valence-corrected chi connectivity index (χ1v) is 13.4. The standard InChI is InChI=1S/C36H34BNO3/c1-7-21-11-13-23(14-12-21)38-27-9-8-10-29-34(27)37(25-17-24-31(18-28(25)38)39-20-36(24,5)6)26-15-22-16-33(35(2,3)4)41-30(22)19-32(26)40-29/h8-19H,7,20H2,1-6H3/i7D2,8D,9D,10D,11D,12D,13D,14D,15D,16D,17D,18D,19D. The first-order valence-electron chi connectivity index (χ1n) is 20.4. The number of ether oxygens (including phenoxy) is 2. The Balaban J connectivity index is 1.62. The number of rotatable bonds is 2. The van der Waals surface area contributed by atoms with Gasteiger partial charge in [0, 0.05) is 53.7 Å². The van der Waals surface area contributed by atoms with E-state index in [0.717, 1.165) is 11.8 Å². The molecule has 0 unspecified atom stereocenters. The molecular weight excluding hydrogens is 505 g/mol. The highest BCUT2D eigenvalue weighted by Gasteiger charge is 2.44. The molecule has 4 heterocycles. The number of hydrogen-bond donors (Lipinski definition) is 0. The normalized spacial score (nSPS) is 21.2. The zero-order chi connectivity index (χ0) is 40.5. The van der Waals surface area contributed by atoms with Crippen LogP contribution >= 0.6 is 0 Å². The largest absolute Gasteiger partial charge is 0.492 e. The van der Waals surface area contributed by atoms with Gasteiger partial charge in [-0.25, -0.2) is 0 Å². The van der Waals surface area contributed by atoms with Crippen LogP contribution in [0.5, 0.6) is 17.2 Å². The molecule has 0 bridgehead atoms. The van der Waals surface area contributed by atoms with Gasteiger partial charge in [-0.2, -0.15) is 0 Å². The predicted molar refractivity (Wildman–Crippen MR) is 169 cm³/mol. The van der Waals surface area contributed by atoms with Crippen molar-refractivity contribution in [2.24, 2.45) is 0 Å². The fourth-order valence-corrected chi connectivity index (χ4v) is 5.62. The van der Waals surface area contributed by atoms with E-state index in [0.29, 0.717) is 5.56 Å². The van der Waals surface area contributed by atoms with Gasteiger partial charge in [0.1, 0.15) is 28.6 Å². The van der Waals surface area contributed by atoms with Crippen molar-refractivity contribution in [2.75, 3.05) is 11.5 Å². The molecule has 3 aliphatic heterocycles. The summed E-state index contributed by atoms with van der Waals surface area (Å²) in [6.45, 7) is 8.93. The Hall–Kier alpha value is -4.12. The van der Waals surface area contributed by atoms with Crippen LogP contribution in [0, 0.1) is 0 Å². The maximum absolute atomic E-state index is 9.85. The number of hydrogen-bond acceptors (Lipinski definition) is 4. The summed E-state index contributed by atoms with van der Waals surface area (Å²) in [6.07, 6.45) is -2.31. The molecule has 1 aromatic heterocycles. The highest BCUT2D eigenvalue weighted by Crippen LogP contribution is 2.46. The van der Waals surface area contributed by atoms with Crippen molar-refractivity contribution >= 4 is 51.1 Å². The maximum Gasteiger partial charge on any atom is 0.256 e. The molecule has 0 saturated carbocycles. The quantitative estimate of drug-likeness (QED) is 0.210. The SMILES string of the molecule is [2H]c1c([2H])c2c3c(c1[2H])N(c1c([2H])c([2H])c(C([2H])([2H])C)c([2H])c1[2H])c1c([2H])c4c(c([2H])c1B3c1c(c([2H])c3oc(C(C)(C)C)c([2H])c3c1[2H])O2)C(C)(C)CO4. The Morgan fingerprint density at radius 1 is 0.927 bits per heavy atom. The van der Waals surface area contributed by atoms with Crippen LogP contribution in [0.15, 0.2) is 76.9 Å². The molecule has 204 valence electrons. The molecule has 0 N–H and O–H groups in total. The number of anilines is 3. The smallest absolute Gasteiger partial charge is 0.256 e. The van der Waals surface area contributed by atoms with E-state index >= 15 is 0 Å². The summed E-state index contributed by atoms with van der Waals surface area (Å²) in [5, 5.41) is -0.00739. The topological polar surface area (TPSA) is 34.8 Å². The van der Waals surface area contributed by atoms with Gasteiger partial charge in [-0.3, -0.25) is 0 Å². The minimum absolute atomic E-state index is 0.00189. The molecule has 8 rings (SSSR count).